The maximum absolute atomic E-state index is 13.6. The molecule has 0 aromatic heterocycles. The Morgan fingerprint density at radius 1 is 1.45 bits per heavy atom. The average Bonchev–Trinajstić information content (AvgIpc) is 2.46. The fraction of sp³-hybridized carbons (Fsp3) is 0.533. The third-order valence-corrected chi connectivity index (χ3v) is 4.86. The zero-order chi connectivity index (χ0) is 14.4. The number of hydrogen-bond donors (Lipinski definition) is 2. The molecule has 0 aliphatic carbocycles. The third-order valence-electron chi connectivity index (χ3n) is 3.49. The maximum Gasteiger partial charge on any atom is 0.230 e. The van der Waals surface area contributed by atoms with Crippen LogP contribution in [0.3, 0.4) is 0 Å². The van der Waals surface area contributed by atoms with Gasteiger partial charge >= 0.3 is 0 Å². The molecule has 110 valence electrons. The lowest BCUT2D eigenvalue weighted by atomic mass is 10.1. The van der Waals surface area contributed by atoms with Gasteiger partial charge in [-0.2, -0.15) is 0 Å². The first kappa shape index (κ1) is 15.3. The van der Waals surface area contributed by atoms with Gasteiger partial charge in [0.15, 0.2) is 0 Å². The molecule has 0 bridgehead atoms. The number of amides is 1. The van der Waals surface area contributed by atoms with Crippen LogP contribution >= 0.6 is 11.8 Å². The Bertz CT molecular complexity index is 449. The lowest BCUT2D eigenvalue weighted by Gasteiger charge is -2.22. The Hall–Kier alpha value is -1.07. The molecule has 1 fully saturated rings. The largest absolute Gasteiger partial charge is 0.349 e. The minimum Gasteiger partial charge on any atom is -0.349 e. The highest BCUT2D eigenvalue weighted by Gasteiger charge is 2.17. The molecule has 3 nitrogen and oxygen atoms in total. The molecule has 1 amide bonds. The second kappa shape index (κ2) is 7.64. The summed E-state index contributed by atoms with van der Waals surface area (Å²) in [4.78, 5) is 11.9. The summed E-state index contributed by atoms with van der Waals surface area (Å²) >= 11 is 1.70. The first-order valence-corrected chi connectivity index (χ1v) is 8.08. The number of benzene rings is 1. The molecule has 0 radical (unpaired) electrons. The Balaban J connectivity index is 1.77. The summed E-state index contributed by atoms with van der Waals surface area (Å²) in [5.41, 5.74) is 0.535. The predicted octanol–water partition coefficient (Wildman–Crippen LogP) is 2.49. The first-order chi connectivity index (χ1) is 9.66. The fourth-order valence-electron chi connectivity index (χ4n) is 2.34. The molecule has 0 unspecified atom stereocenters. The summed E-state index contributed by atoms with van der Waals surface area (Å²) < 4.78 is 13.6. The number of carbonyl (C=O) groups is 1. The van der Waals surface area contributed by atoms with E-state index in [0.29, 0.717) is 16.6 Å². The molecule has 1 saturated heterocycles. The Kier molecular flexibility index (Phi) is 5.86. The monoisotopic (exact) mass is 296 g/mol. The highest BCUT2D eigenvalue weighted by atomic mass is 32.2. The van der Waals surface area contributed by atoms with E-state index in [4.69, 9.17) is 0 Å². The van der Waals surface area contributed by atoms with Crippen LogP contribution in [0.15, 0.2) is 24.3 Å². The van der Waals surface area contributed by atoms with Crippen LogP contribution < -0.4 is 10.6 Å². The molecule has 1 aliphatic rings. The molecule has 1 heterocycles. The van der Waals surface area contributed by atoms with Crippen LogP contribution in [0.1, 0.15) is 31.4 Å². The van der Waals surface area contributed by atoms with Crippen LogP contribution in [0.4, 0.5) is 4.39 Å². The lowest BCUT2D eigenvalue weighted by Crippen LogP contribution is -2.32. The van der Waals surface area contributed by atoms with Crippen molar-refractivity contribution >= 4 is 17.7 Å². The molecule has 1 aliphatic heterocycles. The van der Waals surface area contributed by atoms with Gasteiger partial charge in [0.05, 0.1) is 11.8 Å². The van der Waals surface area contributed by atoms with E-state index in [0.717, 1.165) is 25.9 Å². The molecule has 2 rings (SSSR count). The van der Waals surface area contributed by atoms with E-state index in [1.54, 1.807) is 30.0 Å². The molecule has 0 saturated carbocycles. The minimum absolute atomic E-state index is 0.0238. The molecule has 2 N–H and O–H groups in total. The van der Waals surface area contributed by atoms with E-state index >= 15 is 0 Å². The van der Waals surface area contributed by atoms with Crippen molar-refractivity contribution in [3.63, 3.8) is 0 Å². The zero-order valence-electron chi connectivity index (χ0n) is 11.7. The average molecular weight is 296 g/mol. The Labute approximate surface area is 123 Å². The van der Waals surface area contributed by atoms with Crippen LogP contribution in [0.25, 0.3) is 0 Å². The van der Waals surface area contributed by atoms with Gasteiger partial charge in [-0.05, 0) is 38.9 Å². The second-order valence-electron chi connectivity index (χ2n) is 5.07. The molecule has 1 aromatic rings. The number of nitrogens with one attached hydrogen (secondary N) is 2. The van der Waals surface area contributed by atoms with Gasteiger partial charge in [0, 0.05) is 10.8 Å². The van der Waals surface area contributed by atoms with Gasteiger partial charge in [0.1, 0.15) is 5.82 Å². The minimum atomic E-state index is -0.294. The second-order valence-corrected chi connectivity index (χ2v) is 6.36. The van der Waals surface area contributed by atoms with E-state index < -0.39 is 0 Å². The van der Waals surface area contributed by atoms with E-state index in [1.165, 1.54) is 6.07 Å². The number of piperidine rings is 1. The van der Waals surface area contributed by atoms with Gasteiger partial charge in [-0.15, -0.1) is 11.8 Å². The van der Waals surface area contributed by atoms with Crippen LogP contribution in [0.5, 0.6) is 0 Å². The van der Waals surface area contributed by atoms with Gasteiger partial charge in [0.2, 0.25) is 5.91 Å². The summed E-state index contributed by atoms with van der Waals surface area (Å²) in [5, 5.41) is 6.73. The van der Waals surface area contributed by atoms with Gasteiger partial charge in [-0.1, -0.05) is 18.2 Å². The number of carbonyl (C=O) groups excluding carboxylic acids is 1. The van der Waals surface area contributed by atoms with Crippen molar-refractivity contribution in [3.05, 3.63) is 35.6 Å². The first-order valence-electron chi connectivity index (χ1n) is 7.03. The summed E-state index contributed by atoms with van der Waals surface area (Å²) in [6, 6.07) is 6.27. The number of hydrogen-bond acceptors (Lipinski definition) is 3. The Morgan fingerprint density at radius 3 is 2.85 bits per heavy atom. The van der Waals surface area contributed by atoms with E-state index in [1.807, 2.05) is 6.92 Å². The number of halogens is 1. The van der Waals surface area contributed by atoms with Crippen LogP contribution in [-0.2, 0) is 4.79 Å². The van der Waals surface area contributed by atoms with Crippen LogP contribution in [0, 0.1) is 5.82 Å². The van der Waals surface area contributed by atoms with Crippen LogP contribution in [-0.4, -0.2) is 30.0 Å². The molecular weight excluding hydrogens is 275 g/mol. The van der Waals surface area contributed by atoms with Gasteiger partial charge in [0.25, 0.3) is 0 Å². The molecule has 1 aromatic carbocycles. The fourth-order valence-corrected chi connectivity index (χ4v) is 3.38. The zero-order valence-corrected chi connectivity index (χ0v) is 12.5. The third kappa shape index (κ3) is 4.49. The van der Waals surface area contributed by atoms with Crippen molar-refractivity contribution in [3.8, 4) is 0 Å². The van der Waals surface area contributed by atoms with Gasteiger partial charge in [-0.3, -0.25) is 4.79 Å². The van der Waals surface area contributed by atoms with E-state index in [-0.39, 0.29) is 17.8 Å². The quantitative estimate of drug-likeness (QED) is 0.877. The predicted molar refractivity (Wildman–Crippen MR) is 81.3 cm³/mol. The van der Waals surface area contributed by atoms with E-state index in [9.17, 15) is 9.18 Å². The standard InChI is InChI=1S/C15H21FN2OS/c1-11(13-4-2-3-5-14(13)16)18-15(19)10-20-12-6-8-17-9-7-12/h2-5,11-12,17H,6-10H2,1H3,(H,18,19)/t11-/m1/s1. The summed E-state index contributed by atoms with van der Waals surface area (Å²) in [6.45, 7) is 3.88. The smallest absolute Gasteiger partial charge is 0.230 e. The van der Waals surface area contributed by atoms with Crippen LogP contribution in [0.2, 0.25) is 0 Å². The summed E-state index contributed by atoms with van der Waals surface area (Å²) in [7, 11) is 0. The number of rotatable bonds is 5. The van der Waals surface area contributed by atoms with Crippen molar-refractivity contribution in [1.29, 1.82) is 0 Å². The highest BCUT2D eigenvalue weighted by molar-refractivity contribution is 8.00. The molecular formula is C15H21FN2OS. The molecule has 5 heteroatoms. The topological polar surface area (TPSA) is 41.1 Å². The van der Waals surface area contributed by atoms with Gasteiger partial charge < -0.3 is 10.6 Å². The normalized spacial score (nSPS) is 17.7. The summed E-state index contributed by atoms with van der Waals surface area (Å²) in [5.74, 6) is 0.152. The Morgan fingerprint density at radius 2 is 2.15 bits per heavy atom. The molecule has 20 heavy (non-hydrogen) atoms. The van der Waals surface area contributed by atoms with Crippen molar-refractivity contribution in [2.75, 3.05) is 18.8 Å². The van der Waals surface area contributed by atoms with Crippen molar-refractivity contribution in [1.82, 2.24) is 10.6 Å². The number of thioether (sulfide) groups is 1. The van der Waals surface area contributed by atoms with Crippen molar-refractivity contribution in [2.24, 2.45) is 0 Å². The molecule has 1 atom stereocenters. The highest BCUT2D eigenvalue weighted by Crippen LogP contribution is 2.21. The molecule has 0 spiro atoms. The summed E-state index contributed by atoms with van der Waals surface area (Å²) in [6.07, 6.45) is 2.22. The lowest BCUT2D eigenvalue weighted by molar-refractivity contribution is -0.119. The van der Waals surface area contributed by atoms with E-state index in [2.05, 4.69) is 10.6 Å². The van der Waals surface area contributed by atoms with Crippen molar-refractivity contribution < 1.29 is 9.18 Å². The maximum atomic E-state index is 13.6. The SMILES string of the molecule is C[C@@H](NC(=O)CSC1CCNCC1)c1ccccc1F. The van der Waals surface area contributed by atoms with Gasteiger partial charge in [-0.25, -0.2) is 4.39 Å². The van der Waals surface area contributed by atoms with Crippen molar-refractivity contribution in [2.45, 2.75) is 31.1 Å².